The second-order valence-electron chi connectivity index (χ2n) is 10.0. The predicted octanol–water partition coefficient (Wildman–Crippen LogP) is 3.77. The molecule has 3 unspecified atom stereocenters. The number of piperidine rings is 2. The highest BCUT2D eigenvalue weighted by molar-refractivity contribution is 5.78. The summed E-state index contributed by atoms with van der Waals surface area (Å²) in [7, 11) is 0. The van der Waals surface area contributed by atoms with Gasteiger partial charge in [0.05, 0.1) is 0 Å². The van der Waals surface area contributed by atoms with Crippen LogP contribution in [0.2, 0.25) is 0 Å². The summed E-state index contributed by atoms with van der Waals surface area (Å²) in [5.41, 5.74) is 0. The van der Waals surface area contributed by atoms with Crippen LogP contribution in [0.15, 0.2) is 12.3 Å². The van der Waals surface area contributed by atoms with Crippen LogP contribution in [0.3, 0.4) is 0 Å². The number of nitrogens with one attached hydrogen (secondary N) is 1. The highest BCUT2D eigenvalue weighted by Crippen LogP contribution is 2.24. The average Bonchev–Trinajstić information content (AvgIpc) is 3.13. The first-order valence-electron chi connectivity index (χ1n) is 13.0. The Morgan fingerprint density at radius 2 is 1.84 bits per heavy atom. The molecule has 0 radical (unpaired) electrons. The van der Waals surface area contributed by atoms with Crippen LogP contribution in [0.1, 0.15) is 71.6 Å². The van der Waals surface area contributed by atoms with Gasteiger partial charge in [-0.1, -0.05) is 26.7 Å². The Kier molecular flexibility index (Phi) is 8.22. The van der Waals surface area contributed by atoms with Crippen molar-refractivity contribution in [2.75, 3.05) is 49.5 Å². The van der Waals surface area contributed by atoms with Gasteiger partial charge in [-0.15, -0.1) is 0 Å². The number of aromatic nitrogens is 2. The van der Waals surface area contributed by atoms with E-state index in [2.05, 4.69) is 44.9 Å². The third kappa shape index (κ3) is 5.91. The minimum absolute atomic E-state index is 0.137. The lowest BCUT2D eigenvalue weighted by Crippen LogP contribution is -2.54. The summed E-state index contributed by atoms with van der Waals surface area (Å²) in [6.07, 6.45) is 12.6. The van der Waals surface area contributed by atoms with Gasteiger partial charge in [0.25, 0.3) is 0 Å². The minimum Gasteiger partial charge on any atom is -0.356 e. The Morgan fingerprint density at radius 1 is 1.06 bits per heavy atom. The zero-order chi connectivity index (χ0) is 22.3. The van der Waals surface area contributed by atoms with Crippen LogP contribution in [0, 0.1) is 5.92 Å². The van der Waals surface area contributed by atoms with E-state index in [9.17, 15) is 4.79 Å². The van der Waals surface area contributed by atoms with Crippen molar-refractivity contribution in [2.24, 2.45) is 5.92 Å². The first-order chi connectivity index (χ1) is 15.6. The molecule has 1 N–H and O–H groups in total. The normalized spacial score (nSPS) is 26.4. The minimum atomic E-state index is 0.137. The molecule has 7 heteroatoms. The Bertz CT molecular complexity index is 735. The lowest BCUT2D eigenvalue weighted by molar-refractivity contribution is -0.137. The van der Waals surface area contributed by atoms with Crippen LogP contribution in [0.25, 0.3) is 0 Å². The molecule has 3 saturated heterocycles. The molecule has 3 atom stereocenters. The first-order valence-corrected chi connectivity index (χ1v) is 13.0. The van der Waals surface area contributed by atoms with Gasteiger partial charge in [0, 0.05) is 56.9 Å². The topological polar surface area (TPSA) is 64.6 Å². The fourth-order valence-electron chi connectivity index (χ4n) is 5.47. The van der Waals surface area contributed by atoms with E-state index in [1.54, 1.807) is 0 Å². The summed E-state index contributed by atoms with van der Waals surface area (Å²) >= 11 is 0. The molecule has 3 aliphatic rings. The smallest absolute Gasteiger partial charge is 0.225 e. The van der Waals surface area contributed by atoms with Gasteiger partial charge in [0.15, 0.2) is 0 Å². The van der Waals surface area contributed by atoms with Crippen LogP contribution in [0.5, 0.6) is 0 Å². The summed E-state index contributed by atoms with van der Waals surface area (Å²) in [6, 6.07) is 2.89. The van der Waals surface area contributed by atoms with E-state index in [0.29, 0.717) is 18.0 Å². The Morgan fingerprint density at radius 3 is 2.62 bits per heavy atom. The molecule has 1 aromatic rings. The number of likely N-dealkylation sites (tertiary alicyclic amines) is 2. The monoisotopic (exact) mass is 442 g/mol. The molecule has 1 amide bonds. The average molecular weight is 443 g/mol. The van der Waals surface area contributed by atoms with Crippen molar-refractivity contribution in [3.8, 4) is 0 Å². The van der Waals surface area contributed by atoms with Gasteiger partial charge in [-0.3, -0.25) is 9.69 Å². The number of hydrogen-bond acceptors (Lipinski definition) is 6. The summed E-state index contributed by atoms with van der Waals surface area (Å²) in [4.78, 5) is 29.3. The van der Waals surface area contributed by atoms with Crippen LogP contribution in [-0.2, 0) is 4.79 Å². The molecular formula is C25H42N6O. The summed E-state index contributed by atoms with van der Waals surface area (Å²) < 4.78 is 0. The van der Waals surface area contributed by atoms with Gasteiger partial charge in [-0.05, 0) is 57.6 Å². The van der Waals surface area contributed by atoms with E-state index >= 15 is 0 Å². The molecule has 0 saturated carbocycles. The Balaban J connectivity index is 1.34. The van der Waals surface area contributed by atoms with Crippen molar-refractivity contribution < 1.29 is 4.79 Å². The summed E-state index contributed by atoms with van der Waals surface area (Å²) in [5.74, 6) is 2.29. The Labute approximate surface area is 194 Å². The molecule has 4 rings (SSSR count). The quantitative estimate of drug-likeness (QED) is 0.724. The molecule has 0 bridgehead atoms. The van der Waals surface area contributed by atoms with E-state index in [1.165, 1.54) is 38.5 Å². The van der Waals surface area contributed by atoms with E-state index in [1.807, 2.05) is 6.20 Å². The zero-order valence-corrected chi connectivity index (χ0v) is 20.1. The van der Waals surface area contributed by atoms with Gasteiger partial charge in [-0.25, -0.2) is 4.98 Å². The van der Waals surface area contributed by atoms with E-state index in [-0.39, 0.29) is 5.92 Å². The summed E-state index contributed by atoms with van der Waals surface area (Å²) in [6.45, 7) is 10.3. The van der Waals surface area contributed by atoms with Crippen LogP contribution >= 0.6 is 0 Å². The van der Waals surface area contributed by atoms with Gasteiger partial charge in [-0.2, -0.15) is 4.98 Å². The molecular weight excluding hydrogens is 400 g/mol. The molecule has 3 fully saturated rings. The maximum absolute atomic E-state index is 12.7. The maximum atomic E-state index is 12.7. The lowest BCUT2D eigenvalue weighted by Gasteiger charge is -2.43. The number of carbonyl (C=O) groups is 1. The van der Waals surface area contributed by atoms with Crippen molar-refractivity contribution in [2.45, 2.75) is 83.7 Å². The third-order valence-electron chi connectivity index (χ3n) is 7.62. The molecule has 0 aliphatic carbocycles. The number of nitrogens with zero attached hydrogens (tertiary/aromatic N) is 5. The van der Waals surface area contributed by atoms with Crippen LogP contribution in [0.4, 0.5) is 11.8 Å². The molecule has 0 spiro atoms. The second kappa shape index (κ2) is 11.3. The van der Waals surface area contributed by atoms with E-state index < -0.39 is 0 Å². The Hall–Kier alpha value is -1.89. The van der Waals surface area contributed by atoms with Crippen molar-refractivity contribution in [3.63, 3.8) is 0 Å². The van der Waals surface area contributed by atoms with Gasteiger partial charge in [0.1, 0.15) is 5.82 Å². The van der Waals surface area contributed by atoms with Gasteiger partial charge >= 0.3 is 0 Å². The molecule has 4 heterocycles. The zero-order valence-electron chi connectivity index (χ0n) is 20.1. The summed E-state index contributed by atoms with van der Waals surface area (Å²) in [5, 5.41) is 3.64. The van der Waals surface area contributed by atoms with E-state index in [0.717, 1.165) is 70.3 Å². The van der Waals surface area contributed by atoms with Crippen molar-refractivity contribution in [3.05, 3.63) is 12.3 Å². The number of hydrogen-bond donors (Lipinski definition) is 1. The molecule has 3 aliphatic heterocycles. The SMILES string of the molecule is CCC(C)C(=O)N1CCCC(N2CCCC(Nc3nccc(N4CCCCCC4)n3)C2)C1. The van der Waals surface area contributed by atoms with Gasteiger partial charge in [0.2, 0.25) is 11.9 Å². The molecule has 0 aromatic carbocycles. The number of amides is 1. The maximum Gasteiger partial charge on any atom is 0.225 e. The fourth-order valence-corrected chi connectivity index (χ4v) is 5.47. The molecule has 7 nitrogen and oxygen atoms in total. The molecule has 1 aromatic heterocycles. The highest BCUT2D eigenvalue weighted by atomic mass is 16.2. The van der Waals surface area contributed by atoms with Crippen LogP contribution < -0.4 is 10.2 Å². The number of anilines is 2. The van der Waals surface area contributed by atoms with Crippen LogP contribution in [-0.4, -0.2) is 77.0 Å². The molecule has 178 valence electrons. The third-order valence-corrected chi connectivity index (χ3v) is 7.62. The van der Waals surface area contributed by atoms with Crippen molar-refractivity contribution in [1.29, 1.82) is 0 Å². The van der Waals surface area contributed by atoms with Crippen molar-refractivity contribution in [1.82, 2.24) is 19.8 Å². The predicted molar refractivity (Wildman–Crippen MR) is 130 cm³/mol. The number of carbonyl (C=O) groups excluding carboxylic acids is 1. The lowest BCUT2D eigenvalue weighted by atomic mass is 9.97. The second-order valence-corrected chi connectivity index (χ2v) is 10.0. The molecule has 32 heavy (non-hydrogen) atoms. The number of rotatable bonds is 6. The van der Waals surface area contributed by atoms with E-state index in [4.69, 9.17) is 4.98 Å². The fraction of sp³-hybridized carbons (Fsp3) is 0.800. The highest BCUT2D eigenvalue weighted by Gasteiger charge is 2.32. The van der Waals surface area contributed by atoms with Crippen molar-refractivity contribution >= 4 is 17.7 Å². The first kappa shape index (κ1) is 23.3. The largest absolute Gasteiger partial charge is 0.356 e. The standard InChI is InChI=1S/C25H42N6O/c1-3-20(2)24(32)31-17-9-11-22(19-31)30-16-8-10-21(18-30)27-25-26-13-12-23(28-25)29-14-6-4-5-7-15-29/h12-13,20-22H,3-11,14-19H2,1-2H3,(H,26,27,28). The van der Waals surface area contributed by atoms with Gasteiger partial charge < -0.3 is 15.1 Å².